The molecule has 2 aliphatic rings. The summed E-state index contributed by atoms with van der Waals surface area (Å²) < 4.78 is 49.6. The van der Waals surface area contributed by atoms with Crippen LogP contribution in [0.3, 0.4) is 0 Å². The monoisotopic (exact) mass is 386 g/mol. The van der Waals surface area contributed by atoms with E-state index in [1.807, 2.05) is 0 Å². The summed E-state index contributed by atoms with van der Waals surface area (Å²) in [5.41, 5.74) is -1.000. The number of hydrogen-bond donors (Lipinski definition) is 1. The lowest BCUT2D eigenvalue weighted by molar-refractivity contribution is -0.141. The Balaban J connectivity index is 1.48. The number of nitrogens with one attached hydrogen (secondary N) is 1. The molecule has 27 heavy (non-hydrogen) atoms. The van der Waals surface area contributed by atoms with E-state index in [2.05, 4.69) is 10.3 Å². The normalized spacial score (nSPS) is 22.7. The van der Waals surface area contributed by atoms with Gasteiger partial charge in [-0.25, -0.2) is 9.78 Å². The molecule has 0 bridgehead atoms. The largest absolute Gasteiger partial charge is 0.491 e. The highest BCUT2D eigenvalue weighted by Gasteiger charge is 2.37. The number of carbonyl (C=O) groups excluding carboxylic acids is 1. The van der Waals surface area contributed by atoms with E-state index in [0.29, 0.717) is 18.1 Å². The molecule has 0 radical (unpaired) electrons. The van der Waals surface area contributed by atoms with Crippen LogP contribution in [0.2, 0.25) is 0 Å². The maximum atomic E-state index is 12.9. The highest BCUT2D eigenvalue weighted by molar-refractivity contribution is 5.68. The van der Waals surface area contributed by atoms with Crippen molar-refractivity contribution in [2.45, 2.75) is 70.2 Å². The van der Waals surface area contributed by atoms with Crippen LogP contribution in [0.15, 0.2) is 12.1 Å². The summed E-state index contributed by atoms with van der Waals surface area (Å²) in [6.45, 7) is 5.82. The quantitative estimate of drug-likeness (QED) is 0.800. The zero-order chi connectivity index (χ0) is 19.8. The first-order valence-corrected chi connectivity index (χ1v) is 9.22. The molecule has 8 heteroatoms. The molecule has 0 aromatic carbocycles. The van der Waals surface area contributed by atoms with E-state index in [0.717, 1.165) is 31.7 Å². The Morgan fingerprint density at radius 2 is 1.89 bits per heavy atom. The molecule has 1 amide bonds. The standard InChI is InChI=1S/C19H25F3N2O3/c1-18(2,3)27-17(25)23-13-8-11(9-13)10-26-14-6-7-15(19(20,21)22)24-16(14)12-4-5-12/h6-7,11-13H,4-5,8-10H2,1-3H3,(H,23,25). The fraction of sp³-hybridized carbons (Fsp3) is 0.684. The fourth-order valence-electron chi connectivity index (χ4n) is 3.06. The summed E-state index contributed by atoms with van der Waals surface area (Å²) in [6, 6.07) is 2.38. The first-order valence-electron chi connectivity index (χ1n) is 9.22. The minimum absolute atomic E-state index is 0.0436. The fourth-order valence-corrected chi connectivity index (χ4v) is 3.06. The molecule has 2 aliphatic carbocycles. The van der Waals surface area contributed by atoms with Gasteiger partial charge in [-0.15, -0.1) is 0 Å². The Kier molecular flexibility index (Phi) is 5.27. The van der Waals surface area contributed by atoms with Crippen molar-refractivity contribution in [1.29, 1.82) is 0 Å². The van der Waals surface area contributed by atoms with Gasteiger partial charge < -0.3 is 14.8 Å². The summed E-state index contributed by atoms with van der Waals surface area (Å²) in [5, 5.41) is 2.81. The van der Waals surface area contributed by atoms with Gasteiger partial charge in [0.1, 0.15) is 17.0 Å². The molecule has 0 atom stereocenters. The van der Waals surface area contributed by atoms with Crippen molar-refractivity contribution in [1.82, 2.24) is 10.3 Å². The maximum absolute atomic E-state index is 12.9. The molecule has 0 saturated heterocycles. The van der Waals surface area contributed by atoms with Crippen molar-refractivity contribution < 1.29 is 27.4 Å². The van der Waals surface area contributed by atoms with Crippen molar-refractivity contribution >= 4 is 6.09 Å². The van der Waals surface area contributed by atoms with Gasteiger partial charge in [0, 0.05) is 12.0 Å². The molecular weight excluding hydrogens is 361 g/mol. The molecule has 0 unspecified atom stereocenters. The second kappa shape index (κ2) is 7.20. The topological polar surface area (TPSA) is 60.5 Å². The minimum Gasteiger partial charge on any atom is -0.491 e. The van der Waals surface area contributed by atoms with Gasteiger partial charge in [-0.1, -0.05) is 0 Å². The number of aromatic nitrogens is 1. The van der Waals surface area contributed by atoms with Gasteiger partial charge in [0.05, 0.1) is 12.3 Å². The number of amides is 1. The Labute approximate surface area is 156 Å². The van der Waals surface area contributed by atoms with Gasteiger partial charge >= 0.3 is 12.3 Å². The molecule has 5 nitrogen and oxygen atoms in total. The van der Waals surface area contributed by atoms with E-state index in [4.69, 9.17) is 9.47 Å². The van der Waals surface area contributed by atoms with Crippen molar-refractivity contribution in [3.63, 3.8) is 0 Å². The predicted octanol–water partition coefficient (Wildman–Crippen LogP) is 4.66. The third-order valence-electron chi connectivity index (χ3n) is 4.57. The summed E-state index contributed by atoms with van der Waals surface area (Å²) in [7, 11) is 0. The molecule has 1 heterocycles. The van der Waals surface area contributed by atoms with E-state index in [1.165, 1.54) is 6.07 Å². The highest BCUT2D eigenvalue weighted by Crippen LogP contribution is 2.44. The van der Waals surface area contributed by atoms with Crippen LogP contribution < -0.4 is 10.1 Å². The number of alkyl carbamates (subject to hydrolysis) is 1. The van der Waals surface area contributed by atoms with Crippen LogP contribution in [0, 0.1) is 5.92 Å². The number of hydrogen-bond acceptors (Lipinski definition) is 4. The Morgan fingerprint density at radius 3 is 2.44 bits per heavy atom. The second-order valence-electron chi connectivity index (χ2n) is 8.34. The minimum atomic E-state index is -4.45. The maximum Gasteiger partial charge on any atom is 0.433 e. The highest BCUT2D eigenvalue weighted by atomic mass is 19.4. The number of nitrogens with zero attached hydrogens (tertiary/aromatic N) is 1. The van der Waals surface area contributed by atoms with Crippen LogP contribution in [0.4, 0.5) is 18.0 Å². The molecule has 0 aliphatic heterocycles. The summed E-state index contributed by atoms with van der Waals surface area (Å²) in [5.74, 6) is 0.749. The SMILES string of the molecule is CC(C)(C)OC(=O)NC1CC(COc2ccc(C(F)(F)F)nc2C2CC2)C1. The van der Waals surface area contributed by atoms with Gasteiger partial charge in [0.15, 0.2) is 0 Å². The lowest BCUT2D eigenvalue weighted by Gasteiger charge is -2.36. The van der Waals surface area contributed by atoms with Crippen LogP contribution in [0.25, 0.3) is 0 Å². The first-order chi connectivity index (χ1) is 12.5. The zero-order valence-electron chi connectivity index (χ0n) is 15.7. The lowest BCUT2D eigenvalue weighted by atomic mass is 9.81. The number of alkyl halides is 3. The Bertz CT molecular complexity index is 690. The van der Waals surface area contributed by atoms with E-state index in [9.17, 15) is 18.0 Å². The number of ether oxygens (including phenoxy) is 2. The predicted molar refractivity (Wildman–Crippen MR) is 92.6 cm³/mol. The van der Waals surface area contributed by atoms with Gasteiger partial charge in [-0.3, -0.25) is 0 Å². The van der Waals surface area contributed by atoms with Crippen molar-refractivity contribution in [2.24, 2.45) is 5.92 Å². The van der Waals surface area contributed by atoms with Crippen LogP contribution in [0.1, 0.15) is 63.8 Å². The molecule has 3 rings (SSSR count). The van der Waals surface area contributed by atoms with Crippen LogP contribution in [0.5, 0.6) is 5.75 Å². The van der Waals surface area contributed by atoms with Gasteiger partial charge in [0.2, 0.25) is 0 Å². The van der Waals surface area contributed by atoms with Crippen molar-refractivity contribution in [3.05, 3.63) is 23.5 Å². The van der Waals surface area contributed by atoms with Crippen LogP contribution in [-0.2, 0) is 10.9 Å². The first kappa shape index (κ1) is 19.8. The second-order valence-corrected chi connectivity index (χ2v) is 8.34. The van der Waals surface area contributed by atoms with Crippen molar-refractivity contribution in [3.8, 4) is 5.75 Å². The number of halogens is 3. The molecule has 2 fully saturated rings. The number of rotatable bonds is 5. The van der Waals surface area contributed by atoms with Gasteiger partial charge in [-0.05, 0) is 64.5 Å². The van der Waals surface area contributed by atoms with Crippen molar-refractivity contribution in [2.75, 3.05) is 6.61 Å². The zero-order valence-corrected chi connectivity index (χ0v) is 15.7. The molecule has 150 valence electrons. The Morgan fingerprint density at radius 1 is 1.22 bits per heavy atom. The lowest BCUT2D eigenvalue weighted by Crippen LogP contribution is -2.47. The number of carbonyl (C=O) groups is 1. The number of pyridine rings is 1. The average Bonchev–Trinajstić information content (AvgIpc) is 3.31. The molecule has 1 aromatic heterocycles. The molecule has 0 spiro atoms. The van der Waals surface area contributed by atoms with E-state index >= 15 is 0 Å². The van der Waals surface area contributed by atoms with Crippen LogP contribution >= 0.6 is 0 Å². The Hall–Kier alpha value is -1.99. The van der Waals surface area contributed by atoms with Crippen LogP contribution in [-0.4, -0.2) is 29.3 Å². The summed E-state index contributed by atoms with van der Waals surface area (Å²) >= 11 is 0. The summed E-state index contributed by atoms with van der Waals surface area (Å²) in [4.78, 5) is 15.5. The molecular formula is C19H25F3N2O3. The van der Waals surface area contributed by atoms with Gasteiger partial charge in [-0.2, -0.15) is 13.2 Å². The molecule has 1 aromatic rings. The summed E-state index contributed by atoms with van der Waals surface area (Å²) in [6.07, 6.45) is -1.68. The van der Waals surface area contributed by atoms with E-state index in [1.54, 1.807) is 20.8 Å². The molecule has 1 N–H and O–H groups in total. The van der Waals surface area contributed by atoms with E-state index < -0.39 is 23.6 Å². The van der Waals surface area contributed by atoms with E-state index in [-0.39, 0.29) is 17.9 Å². The average molecular weight is 386 g/mol. The third kappa shape index (κ3) is 5.49. The van der Waals surface area contributed by atoms with Gasteiger partial charge in [0.25, 0.3) is 0 Å². The third-order valence-corrected chi connectivity index (χ3v) is 4.57. The smallest absolute Gasteiger partial charge is 0.433 e. The molecule has 2 saturated carbocycles.